The summed E-state index contributed by atoms with van der Waals surface area (Å²) in [5.74, 6) is 0.215. The van der Waals surface area contributed by atoms with Crippen molar-refractivity contribution in [2.24, 2.45) is 11.8 Å². The smallest absolute Gasteiger partial charge is 0.204 e. The van der Waals surface area contributed by atoms with E-state index in [1.807, 2.05) is 13.8 Å². The molecule has 0 atom stereocenters. The van der Waals surface area contributed by atoms with E-state index >= 15 is 0 Å². The summed E-state index contributed by atoms with van der Waals surface area (Å²) in [5.41, 5.74) is 0.910. The van der Waals surface area contributed by atoms with Crippen molar-refractivity contribution in [3.8, 4) is 17.2 Å². The van der Waals surface area contributed by atoms with E-state index in [-0.39, 0.29) is 63.7 Å². The van der Waals surface area contributed by atoms with Gasteiger partial charge in [0.15, 0.2) is 5.78 Å². The minimum absolute atomic E-state index is 0.00613. The zero-order valence-electron chi connectivity index (χ0n) is 20.5. The standard InChI is InChI=1S/C27H34O7/c1-14(2)6-8-17-19(30)12-21-25(26(17)31)27(32)24-18(9-7-15(3)4)23(16(5)29)20(33-11-10-28)13-22(24)34-21/h12-15,28,30-31H,6-11H2,1-5H3. The molecule has 34 heavy (non-hydrogen) atoms. The number of carbonyl (C=O) groups excluding carboxylic acids is 1. The molecular weight excluding hydrogens is 436 g/mol. The molecule has 184 valence electrons. The average molecular weight is 471 g/mol. The quantitative estimate of drug-likeness (QED) is 0.278. The van der Waals surface area contributed by atoms with E-state index in [2.05, 4.69) is 13.8 Å². The number of hydrogen-bond acceptors (Lipinski definition) is 7. The molecule has 0 saturated heterocycles. The number of aliphatic hydroxyl groups is 1. The number of fused-ring (bicyclic) bond motifs is 2. The maximum atomic E-state index is 13.8. The van der Waals surface area contributed by atoms with Crippen molar-refractivity contribution in [2.45, 2.75) is 60.3 Å². The summed E-state index contributed by atoms with van der Waals surface area (Å²) >= 11 is 0. The summed E-state index contributed by atoms with van der Waals surface area (Å²) < 4.78 is 11.6. The van der Waals surface area contributed by atoms with Gasteiger partial charge in [-0.2, -0.15) is 0 Å². The van der Waals surface area contributed by atoms with Crippen LogP contribution < -0.4 is 10.2 Å². The Morgan fingerprint density at radius 3 is 2.12 bits per heavy atom. The number of hydrogen-bond donors (Lipinski definition) is 3. The van der Waals surface area contributed by atoms with Gasteiger partial charge in [0.25, 0.3) is 0 Å². The van der Waals surface area contributed by atoms with Crippen LogP contribution in [0.15, 0.2) is 21.3 Å². The summed E-state index contributed by atoms with van der Waals surface area (Å²) in [6, 6.07) is 2.83. The maximum Gasteiger partial charge on any atom is 0.204 e. The molecule has 1 heterocycles. The topological polar surface area (TPSA) is 117 Å². The van der Waals surface area contributed by atoms with Gasteiger partial charge in [-0.05, 0) is 50.0 Å². The Morgan fingerprint density at radius 1 is 0.971 bits per heavy atom. The lowest BCUT2D eigenvalue weighted by Crippen LogP contribution is -2.14. The first-order chi connectivity index (χ1) is 16.1. The molecule has 3 rings (SSSR count). The van der Waals surface area contributed by atoms with Gasteiger partial charge in [-0.25, -0.2) is 0 Å². The van der Waals surface area contributed by atoms with Gasteiger partial charge < -0.3 is 24.5 Å². The van der Waals surface area contributed by atoms with E-state index in [9.17, 15) is 24.9 Å². The molecule has 0 radical (unpaired) electrons. The van der Waals surface area contributed by atoms with E-state index in [1.54, 1.807) is 0 Å². The van der Waals surface area contributed by atoms with Crippen LogP contribution in [0.25, 0.3) is 21.9 Å². The lowest BCUT2D eigenvalue weighted by atomic mass is 9.91. The lowest BCUT2D eigenvalue weighted by Gasteiger charge is -2.18. The predicted octanol–water partition coefficient (Wildman–Crippen LogP) is 5.11. The molecule has 3 aromatic rings. The van der Waals surface area contributed by atoms with Crippen LogP contribution in [0.1, 0.15) is 68.9 Å². The van der Waals surface area contributed by atoms with Crippen molar-refractivity contribution < 1.29 is 29.3 Å². The number of benzene rings is 2. The largest absolute Gasteiger partial charge is 0.507 e. The van der Waals surface area contributed by atoms with Crippen molar-refractivity contribution in [1.29, 1.82) is 0 Å². The van der Waals surface area contributed by atoms with Crippen LogP contribution in [0, 0.1) is 11.8 Å². The third-order valence-corrected chi connectivity index (χ3v) is 6.02. The van der Waals surface area contributed by atoms with Crippen LogP contribution in [0.2, 0.25) is 0 Å². The minimum atomic E-state index is -0.450. The van der Waals surface area contributed by atoms with Gasteiger partial charge in [0.1, 0.15) is 40.4 Å². The molecule has 0 aliphatic rings. The summed E-state index contributed by atoms with van der Waals surface area (Å²) in [5, 5.41) is 31.0. The van der Waals surface area contributed by atoms with E-state index in [0.717, 1.165) is 12.8 Å². The number of phenols is 2. The van der Waals surface area contributed by atoms with Gasteiger partial charge in [0.05, 0.1) is 17.6 Å². The van der Waals surface area contributed by atoms with Gasteiger partial charge in [-0.1, -0.05) is 27.7 Å². The Balaban J connectivity index is 2.41. The Hall–Kier alpha value is -3.06. The average Bonchev–Trinajstić information content (AvgIpc) is 2.74. The molecule has 0 amide bonds. The molecule has 0 unspecified atom stereocenters. The second-order valence-electron chi connectivity index (χ2n) is 9.62. The number of ether oxygens (including phenoxy) is 1. The third-order valence-electron chi connectivity index (χ3n) is 6.02. The highest BCUT2D eigenvalue weighted by molar-refractivity contribution is 6.05. The van der Waals surface area contributed by atoms with Crippen molar-refractivity contribution in [3.63, 3.8) is 0 Å². The molecule has 1 aromatic heterocycles. The Kier molecular flexibility index (Phi) is 7.87. The van der Waals surface area contributed by atoms with E-state index in [0.29, 0.717) is 35.8 Å². The van der Waals surface area contributed by atoms with Gasteiger partial charge in [-0.15, -0.1) is 0 Å². The first-order valence-electron chi connectivity index (χ1n) is 11.8. The van der Waals surface area contributed by atoms with Crippen LogP contribution in [-0.2, 0) is 12.8 Å². The highest BCUT2D eigenvalue weighted by atomic mass is 16.5. The molecule has 7 heteroatoms. The van der Waals surface area contributed by atoms with Crippen LogP contribution in [0.5, 0.6) is 17.2 Å². The number of ketones is 1. The highest BCUT2D eigenvalue weighted by Gasteiger charge is 2.25. The second-order valence-corrected chi connectivity index (χ2v) is 9.62. The fraction of sp³-hybridized carbons (Fsp3) is 0.481. The van der Waals surface area contributed by atoms with Crippen LogP contribution in [0.3, 0.4) is 0 Å². The number of aromatic hydroxyl groups is 2. The summed E-state index contributed by atoms with van der Waals surface area (Å²) in [7, 11) is 0. The predicted molar refractivity (Wildman–Crippen MR) is 132 cm³/mol. The number of aliphatic hydroxyl groups excluding tert-OH is 1. The van der Waals surface area contributed by atoms with Crippen molar-refractivity contribution in [3.05, 3.63) is 39.0 Å². The van der Waals surface area contributed by atoms with Crippen molar-refractivity contribution in [1.82, 2.24) is 0 Å². The first kappa shape index (κ1) is 25.6. The highest BCUT2D eigenvalue weighted by Crippen LogP contribution is 2.39. The number of rotatable bonds is 10. The van der Waals surface area contributed by atoms with Gasteiger partial charge in [-0.3, -0.25) is 9.59 Å². The van der Waals surface area contributed by atoms with Gasteiger partial charge >= 0.3 is 0 Å². The second kappa shape index (κ2) is 10.5. The lowest BCUT2D eigenvalue weighted by molar-refractivity contribution is 0.101. The monoisotopic (exact) mass is 470 g/mol. The molecule has 0 aliphatic heterocycles. The molecular formula is C27H34O7. The van der Waals surface area contributed by atoms with Crippen LogP contribution in [-0.4, -0.2) is 34.3 Å². The summed E-state index contributed by atoms with van der Waals surface area (Å²) in [6.45, 7) is 9.33. The van der Waals surface area contributed by atoms with Crippen LogP contribution in [0.4, 0.5) is 0 Å². The molecule has 0 saturated carbocycles. The fourth-order valence-electron chi connectivity index (χ4n) is 4.25. The Labute approximate surface area is 199 Å². The zero-order valence-corrected chi connectivity index (χ0v) is 20.5. The maximum absolute atomic E-state index is 13.8. The number of phenolic OH excluding ortho intramolecular Hbond substituents is 2. The molecule has 7 nitrogen and oxygen atoms in total. The summed E-state index contributed by atoms with van der Waals surface area (Å²) in [4.78, 5) is 26.5. The SMILES string of the molecule is CC(=O)c1c(OCCO)cc2oc3cc(O)c(CCC(C)C)c(O)c3c(=O)c2c1CCC(C)C. The van der Waals surface area contributed by atoms with E-state index in [4.69, 9.17) is 9.15 Å². The van der Waals surface area contributed by atoms with Crippen LogP contribution >= 0.6 is 0 Å². The van der Waals surface area contributed by atoms with Gasteiger partial charge in [0, 0.05) is 17.7 Å². The Bertz CT molecular complexity index is 1270. The van der Waals surface area contributed by atoms with Gasteiger partial charge in [0.2, 0.25) is 5.43 Å². The van der Waals surface area contributed by atoms with Crippen molar-refractivity contribution >= 4 is 27.7 Å². The molecule has 0 aliphatic carbocycles. The molecule has 0 fully saturated rings. The molecule has 2 aromatic carbocycles. The molecule has 3 N–H and O–H groups in total. The normalized spacial score (nSPS) is 11.8. The third kappa shape index (κ3) is 5.04. The first-order valence-corrected chi connectivity index (χ1v) is 11.8. The molecule has 0 spiro atoms. The Morgan fingerprint density at radius 2 is 1.56 bits per heavy atom. The number of carbonyl (C=O) groups is 1. The summed E-state index contributed by atoms with van der Waals surface area (Å²) in [6.07, 6.45) is 2.30. The number of aryl methyl sites for hydroxylation is 1. The fourth-order valence-corrected chi connectivity index (χ4v) is 4.25. The minimum Gasteiger partial charge on any atom is -0.507 e. The molecule has 0 bridgehead atoms. The van der Waals surface area contributed by atoms with E-state index in [1.165, 1.54) is 19.1 Å². The number of Topliss-reactive ketones (excluding diaryl/α,β-unsaturated/α-hetero) is 1. The van der Waals surface area contributed by atoms with E-state index < -0.39 is 5.43 Å². The van der Waals surface area contributed by atoms with Crippen molar-refractivity contribution in [2.75, 3.05) is 13.2 Å². The zero-order chi connectivity index (χ0) is 25.2.